The molecule has 1 amide bonds. The number of hydrogen-bond acceptors (Lipinski definition) is 3. The first-order valence-corrected chi connectivity index (χ1v) is 9.17. The highest BCUT2D eigenvalue weighted by molar-refractivity contribution is 7.99. The third-order valence-electron chi connectivity index (χ3n) is 4.22. The van der Waals surface area contributed by atoms with E-state index < -0.39 is 0 Å². The Morgan fingerprint density at radius 3 is 2.83 bits per heavy atom. The molecule has 0 aliphatic carbocycles. The molecule has 4 nitrogen and oxygen atoms in total. The summed E-state index contributed by atoms with van der Waals surface area (Å²) in [4.78, 5) is 14.7. The molecule has 2 aromatic rings. The number of benzene rings is 1. The monoisotopic (exact) mass is 349 g/mol. The molecular weight excluding hydrogens is 330 g/mol. The maximum absolute atomic E-state index is 12.8. The van der Waals surface area contributed by atoms with Crippen LogP contribution in [0.15, 0.2) is 24.3 Å². The summed E-state index contributed by atoms with van der Waals surface area (Å²) in [7, 11) is 0. The molecule has 0 spiro atoms. The predicted octanol–water partition coefficient (Wildman–Crippen LogP) is 4.00. The van der Waals surface area contributed by atoms with Crippen LogP contribution >= 0.6 is 23.4 Å². The second-order valence-electron chi connectivity index (χ2n) is 5.77. The predicted molar refractivity (Wildman–Crippen MR) is 95.2 cm³/mol. The van der Waals surface area contributed by atoms with Crippen LogP contribution in [0, 0.1) is 13.8 Å². The first kappa shape index (κ1) is 16.4. The van der Waals surface area contributed by atoms with Crippen LogP contribution in [-0.2, 0) is 0 Å². The van der Waals surface area contributed by atoms with Crippen LogP contribution in [0.4, 0.5) is 0 Å². The number of carbonyl (C=O) groups is 1. The highest BCUT2D eigenvalue weighted by Gasteiger charge is 2.26. The molecule has 6 heteroatoms. The normalized spacial score (nSPS) is 18.7. The third-order valence-corrected chi connectivity index (χ3v) is 5.88. The van der Waals surface area contributed by atoms with Gasteiger partial charge in [-0.05, 0) is 31.9 Å². The fraction of sp³-hybridized carbons (Fsp3) is 0.412. The molecule has 1 aliphatic heterocycles. The number of rotatable bonds is 2. The lowest BCUT2D eigenvalue weighted by molar-refractivity contribution is 0.0765. The lowest BCUT2D eigenvalue weighted by Gasteiger charge is -2.20. The Morgan fingerprint density at radius 2 is 2.13 bits per heavy atom. The van der Waals surface area contributed by atoms with E-state index in [0.717, 1.165) is 41.7 Å². The first-order valence-electron chi connectivity index (χ1n) is 7.75. The number of aryl methyl sites for hydroxylation is 2. The van der Waals surface area contributed by atoms with Crippen LogP contribution in [0.2, 0.25) is 5.02 Å². The van der Waals surface area contributed by atoms with E-state index in [9.17, 15) is 4.79 Å². The van der Waals surface area contributed by atoms with Gasteiger partial charge in [-0.15, -0.1) is 0 Å². The second kappa shape index (κ2) is 6.97. The maximum atomic E-state index is 12.8. The minimum atomic E-state index is 0.0779. The number of nitrogens with one attached hydrogen (secondary N) is 1. The van der Waals surface area contributed by atoms with Crippen molar-refractivity contribution in [2.75, 3.05) is 18.8 Å². The Bertz CT molecular complexity index is 696. The van der Waals surface area contributed by atoms with Crippen molar-refractivity contribution in [3.8, 4) is 0 Å². The molecular formula is C17H20ClN3OS. The van der Waals surface area contributed by atoms with Gasteiger partial charge in [0.2, 0.25) is 0 Å². The van der Waals surface area contributed by atoms with Crippen LogP contribution < -0.4 is 0 Å². The van der Waals surface area contributed by atoms with Crippen molar-refractivity contribution in [2.45, 2.75) is 25.5 Å². The van der Waals surface area contributed by atoms with Crippen LogP contribution in [0.25, 0.3) is 0 Å². The topological polar surface area (TPSA) is 49.0 Å². The molecule has 1 fully saturated rings. The number of nitrogens with zero attached hydrogens (tertiary/aromatic N) is 2. The highest BCUT2D eigenvalue weighted by atomic mass is 35.5. The number of aromatic amines is 1. The van der Waals surface area contributed by atoms with Crippen LogP contribution in [0.5, 0.6) is 0 Å². The quantitative estimate of drug-likeness (QED) is 0.891. The summed E-state index contributed by atoms with van der Waals surface area (Å²) in [5.41, 5.74) is 3.49. The fourth-order valence-corrected chi connectivity index (χ4v) is 4.58. The first-order chi connectivity index (χ1) is 11.1. The Balaban J connectivity index is 1.74. The molecule has 23 heavy (non-hydrogen) atoms. The molecule has 1 N–H and O–H groups in total. The Hall–Kier alpha value is -1.46. The SMILES string of the molecule is Cc1n[nH]c(C)c1C(=O)N1CCS[C@H](c2ccccc2Cl)CC1. The molecule has 0 radical (unpaired) electrons. The average molecular weight is 350 g/mol. The van der Waals surface area contributed by atoms with Crippen molar-refractivity contribution in [3.05, 3.63) is 51.8 Å². The number of halogens is 1. The van der Waals surface area contributed by atoms with Crippen molar-refractivity contribution in [1.29, 1.82) is 0 Å². The number of hydrogen-bond donors (Lipinski definition) is 1. The molecule has 1 saturated heterocycles. The van der Waals surface area contributed by atoms with Gasteiger partial charge in [0, 0.05) is 34.8 Å². The van der Waals surface area contributed by atoms with Crippen LogP contribution in [0.1, 0.15) is 39.0 Å². The maximum Gasteiger partial charge on any atom is 0.257 e. The summed E-state index contributed by atoms with van der Waals surface area (Å²) in [6.07, 6.45) is 0.913. The van der Waals surface area contributed by atoms with Gasteiger partial charge in [-0.1, -0.05) is 29.8 Å². The minimum absolute atomic E-state index is 0.0779. The van der Waals surface area contributed by atoms with Gasteiger partial charge in [0.1, 0.15) is 0 Å². The van der Waals surface area contributed by atoms with Gasteiger partial charge in [-0.3, -0.25) is 9.89 Å². The van der Waals surface area contributed by atoms with Gasteiger partial charge in [0.25, 0.3) is 5.91 Å². The smallest absolute Gasteiger partial charge is 0.257 e. The molecule has 0 bridgehead atoms. The van der Waals surface area contributed by atoms with Gasteiger partial charge >= 0.3 is 0 Å². The molecule has 1 aliphatic rings. The van der Waals surface area contributed by atoms with E-state index in [1.54, 1.807) is 0 Å². The molecule has 1 aromatic carbocycles. The molecule has 1 aromatic heterocycles. The summed E-state index contributed by atoms with van der Waals surface area (Å²) < 4.78 is 0. The Labute approximate surface area is 145 Å². The molecule has 2 heterocycles. The van der Waals surface area contributed by atoms with E-state index in [0.29, 0.717) is 10.8 Å². The largest absolute Gasteiger partial charge is 0.338 e. The van der Waals surface area contributed by atoms with Crippen LogP contribution in [-0.4, -0.2) is 39.8 Å². The summed E-state index contributed by atoms with van der Waals surface area (Å²) in [5.74, 6) is 0.992. The van der Waals surface area contributed by atoms with Gasteiger partial charge in [0.15, 0.2) is 0 Å². The van der Waals surface area contributed by atoms with E-state index >= 15 is 0 Å². The summed E-state index contributed by atoms with van der Waals surface area (Å²) in [5, 5.41) is 8.18. The summed E-state index contributed by atoms with van der Waals surface area (Å²) in [6.45, 7) is 5.27. The molecule has 122 valence electrons. The zero-order valence-electron chi connectivity index (χ0n) is 13.3. The third kappa shape index (κ3) is 3.40. The van der Waals surface area contributed by atoms with Gasteiger partial charge in [-0.2, -0.15) is 16.9 Å². The number of thioether (sulfide) groups is 1. The van der Waals surface area contributed by atoms with E-state index in [4.69, 9.17) is 11.6 Å². The Morgan fingerprint density at radius 1 is 1.35 bits per heavy atom. The lowest BCUT2D eigenvalue weighted by Crippen LogP contribution is -2.33. The van der Waals surface area contributed by atoms with Crippen molar-refractivity contribution in [3.63, 3.8) is 0 Å². The number of aromatic nitrogens is 2. The standard InChI is InChI=1S/C17H20ClN3OS/c1-11-16(12(2)20-19-11)17(22)21-8-7-15(23-10-9-21)13-5-3-4-6-14(13)18/h3-6,15H,7-10H2,1-2H3,(H,19,20)/t15-/m0/s1. The van der Waals surface area contributed by atoms with E-state index in [1.807, 2.05) is 48.7 Å². The Kier molecular flexibility index (Phi) is 4.97. The van der Waals surface area contributed by atoms with Crippen molar-refractivity contribution in [2.24, 2.45) is 0 Å². The van der Waals surface area contributed by atoms with Crippen molar-refractivity contribution < 1.29 is 4.79 Å². The zero-order chi connectivity index (χ0) is 16.4. The van der Waals surface area contributed by atoms with Gasteiger partial charge < -0.3 is 4.90 Å². The highest BCUT2D eigenvalue weighted by Crippen LogP contribution is 2.38. The molecule has 3 rings (SSSR count). The second-order valence-corrected chi connectivity index (χ2v) is 7.49. The van der Waals surface area contributed by atoms with Crippen LogP contribution in [0.3, 0.4) is 0 Å². The van der Waals surface area contributed by atoms with E-state index in [-0.39, 0.29) is 5.91 Å². The van der Waals surface area contributed by atoms with Gasteiger partial charge in [0.05, 0.1) is 11.3 Å². The average Bonchev–Trinajstić information content (AvgIpc) is 2.75. The summed E-state index contributed by atoms with van der Waals surface area (Å²) >= 11 is 8.20. The number of H-pyrrole nitrogens is 1. The van der Waals surface area contributed by atoms with Gasteiger partial charge in [-0.25, -0.2) is 0 Å². The molecule has 0 saturated carbocycles. The number of carbonyl (C=O) groups excluding carboxylic acids is 1. The van der Waals surface area contributed by atoms with E-state index in [1.165, 1.54) is 5.56 Å². The number of amides is 1. The lowest BCUT2D eigenvalue weighted by atomic mass is 10.1. The summed E-state index contributed by atoms with van der Waals surface area (Å²) in [6, 6.07) is 7.99. The minimum Gasteiger partial charge on any atom is -0.338 e. The zero-order valence-corrected chi connectivity index (χ0v) is 14.9. The molecule has 0 unspecified atom stereocenters. The van der Waals surface area contributed by atoms with Crippen molar-refractivity contribution >= 4 is 29.3 Å². The van der Waals surface area contributed by atoms with Crippen molar-refractivity contribution in [1.82, 2.24) is 15.1 Å². The fourth-order valence-electron chi connectivity index (χ4n) is 2.98. The van der Waals surface area contributed by atoms with E-state index in [2.05, 4.69) is 16.3 Å². The molecule has 1 atom stereocenters.